The summed E-state index contributed by atoms with van der Waals surface area (Å²) in [7, 11) is 0. The highest BCUT2D eigenvalue weighted by Gasteiger charge is 2.25. The van der Waals surface area contributed by atoms with E-state index in [1.165, 1.54) is 61.9 Å². The molecular formula is C55H34N4S2. The first-order valence-corrected chi connectivity index (χ1v) is 21.4. The average Bonchev–Trinajstić information content (AvgIpc) is 3.89. The number of thiophene rings is 2. The molecule has 61 heavy (non-hydrogen) atoms. The number of nitriles is 2. The average molecular weight is 815 g/mol. The fraction of sp³-hybridized carbons (Fsp3) is 0.0182. The molecule has 0 spiro atoms. The van der Waals surface area contributed by atoms with E-state index in [2.05, 4.69) is 180 Å². The number of anilines is 6. The molecule has 0 aliphatic rings. The van der Waals surface area contributed by atoms with Crippen molar-refractivity contribution >= 4 is 129 Å². The highest BCUT2D eigenvalue weighted by atomic mass is 32.1. The van der Waals surface area contributed by atoms with Crippen LogP contribution in [0.5, 0.6) is 0 Å². The van der Waals surface area contributed by atoms with Gasteiger partial charge < -0.3 is 9.80 Å². The molecular weight excluding hydrogens is 781 g/mol. The molecule has 0 aliphatic carbocycles. The van der Waals surface area contributed by atoms with Gasteiger partial charge in [-0.15, -0.1) is 22.7 Å². The van der Waals surface area contributed by atoms with Gasteiger partial charge in [0.05, 0.1) is 55.4 Å². The highest BCUT2D eigenvalue weighted by molar-refractivity contribution is 7.26. The molecule has 0 fully saturated rings. The van der Waals surface area contributed by atoms with Crippen LogP contribution in [0.3, 0.4) is 0 Å². The monoisotopic (exact) mass is 814 g/mol. The Balaban J connectivity index is 0.00000420. The van der Waals surface area contributed by atoms with Crippen molar-refractivity contribution in [1.82, 2.24) is 0 Å². The van der Waals surface area contributed by atoms with Crippen LogP contribution in [0.2, 0.25) is 0 Å². The summed E-state index contributed by atoms with van der Waals surface area (Å²) in [5.74, 6) is 0. The minimum absolute atomic E-state index is 0. The zero-order chi connectivity index (χ0) is 39.9. The summed E-state index contributed by atoms with van der Waals surface area (Å²) in [6, 6.07) is 69.0. The molecule has 0 radical (unpaired) electrons. The van der Waals surface area contributed by atoms with Crippen molar-refractivity contribution in [3.05, 3.63) is 193 Å². The molecule has 2 heterocycles. The van der Waals surface area contributed by atoms with E-state index >= 15 is 0 Å². The Morgan fingerprint density at radius 1 is 0.344 bits per heavy atom. The van der Waals surface area contributed by atoms with Crippen LogP contribution in [0.4, 0.5) is 34.1 Å². The summed E-state index contributed by atoms with van der Waals surface area (Å²) in [5, 5.41) is 31.5. The van der Waals surface area contributed by atoms with Gasteiger partial charge in [-0.05, 0) is 106 Å². The molecule has 0 unspecified atom stereocenters. The third-order valence-electron chi connectivity index (χ3n) is 11.9. The van der Waals surface area contributed by atoms with Crippen LogP contribution in [0.15, 0.2) is 182 Å². The number of hydrogen-bond donors (Lipinski definition) is 0. The van der Waals surface area contributed by atoms with Gasteiger partial charge in [-0.25, -0.2) is 0 Å². The molecule has 4 nitrogen and oxygen atoms in total. The molecule has 10 aromatic carbocycles. The summed E-state index contributed by atoms with van der Waals surface area (Å²) >= 11 is 3.63. The van der Waals surface area contributed by atoms with Crippen molar-refractivity contribution in [2.75, 3.05) is 9.80 Å². The van der Waals surface area contributed by atoms with Gasteiger partial charge >= 0.3 is 0 Å². The standard InChI is InChI=1S/C54H30N4S2.CH4/c55-31-33-15-23-37(24-16-33)57(47-11-5-9-41-39-7-1-3-13-49(39)59-53(41)47)45-29-21-35-20-28-44-46(30-22-36-19-27-43(45)51(35)52(36)44)58(38-25-17-34(32-56)18-26-38)48-12-6-10-42-40-8-2-4-14-50(40)60-54(42)48;/h1-30H;1H4. The Morgan fingerprint density at radius 2 is 0.738 bits per heavy atom. The normalized spacial score (nSPS) is 11.4. The van der Waals surface area contributed by atoms with E-state index in [0.717, 1.165) is 44.9 Å². The van der Waals surface area contributed by atoms with Gasteiger partial charge in [-0.2, -0.15) is 10.5 Å². The van der Waals surface area contributed by atoms with Crippen molar-refractivity contribution in [3.63, 3.8) is 0 Å². The first kappa shape index (κ1) is 36.3. The summed E-state index contributed by atoms with van der Waals surface area (Å²) in [5.41, 5.74) is 7.54. The van der Waals surface area contributed by atoms with E-state index < -0.39 is 0 Å². The lowest BCUT2D eigenvalue weighted by Crippen LogP contribution is -2.11. The lowest BCUT2D eigenvalue weighted by molar-refractivity contribution is 1.31. The van der Waals surface area contributed by atoms with E-state index in [1.807, 2.05) is 46.9 Å². The second-order valence-electron chi connectivity index (χ2n) is 15.1. The second kappa shape index (κ2) is 14.2. The number of fused-ring (bicyclic) bond motifs is 6. The van der Waals surface area contributed by atoms with Gasteiger partial charge in [-0.3, -0.25) is 0 Å². The minimum atomic E-state index is 0. The molecule has 0 amide bonds. The van der Waals surface area contributed by atoms with Gasteiger partial charge in [0.1, 0.15) is 0 Å². The SMILES string of the molecule is C.N#Cc1ccc(N(c2ccc3ccc4c(N(c5ccc(C#N)cc5)c5cccc6c5sc5ccccc56)ccc5ccc2c3c54)c2cccc3c2sc2ccccc23)cc1. The summed E-state index contributed by atoms with van der Waals surface area (Å²) < 4.78 is 4.93. The third kappa shape index (κ3) is 5.55. The quantitative estimate of drug-likeness (QED) is 0.157. The zero-order valence-electron chi connectivity index (χ0n) is 31.9. The van der Waals surface area contributed by atoms with Crippen molar-refractivity contribution in [3.8, 4) is 12.1 Å². The molecule has 0 saturated carbocycles. The van der Waals surface area contributed by atoms with Crippen molar-refractivity contribution in [1.29, 1.82) is 10.5 Å². The fourth-order valence-electron chi connectivity index (χ4n) is 9.16. The van der Waals surface area contributed by atoms with Crippen LogP contribution in [0, 0.1) is 22.7 Å². The van der Waals surface area contributed by atoms with Gasteiger partial charge in [-0.1, -0.05) is 104 Å². The molecule has 6 heteroatoms. The molecule has 0 atom stereocenters. The van der Waals surface area contributed by atoms with Crippen LogP contribution >= 0.6 is 22.7 Å². The van der Waals surface area contributed by atoms with E-state index in [1.54, 1.807) is 0 Å². The van der Waals surface area contributed by atoms with Gasteiger partial charge in [0.15, 0.2) is 0 Å². The molecule has 0 bridgehead atoms. The van der Waals surface area contributed by atoms with Crippen LogP contribution in [-0.2, 0) is 0 Å². The third-order valence-corrected chi connectivity index (χ3v) is 14.3. The molecule has 0 aliphatic heterocycles. The lowest BCUT2D eigenvalue weighted by atomic mass is 9.91. The molecule has 12 aromatic rings. The maximum Gasteiger partial charge on any atom is 0.0991 e. The van der Waals surface area contributed by atoms with Gasteiger partial charge in [0.25, 0.3) is 0 Å². The van der Waals surface area contributed by atoms with E-state index in [-0.39, 0.29) is 7.43 Å². The zero-order valence-corrected chi connectivity index (χ0v) is 33.6. The Hall–Kier alpha value is -7.74. The molecule has 2 aromatic heterocycles. The molecule has 0 saturated heterocycles. The summed E-state index contributed by atoms with van der Waals surface area (Å²) in [6.07, 6.45) is 0. The van der Waals surface area contributed by atoms with E-state index in [4.69, 9.17) is 0 Å². The Kier molecular flexibility index (Phi) is 8.47. The predicted octanol–water partition coefficient (Wildman–Crippen LogP) is 16.6. The van der Waals surface area contributed by atoms with Crippen molar-refractivity contribution in [2.24, 2.45) is 0 Å². The smallest absolute Gasteiger partial charge is 0.0991 e. The van der Waals surface area contributed by atoms with Crippen LogP contribution in [0.1, 0.15) is 18.6 Å². The van der Waals surface area contributed by atoms with Gasteiger partial charge in [0, 0.05) is 53.1 Å². The van der Waals surface area contributed by atoms with Crippen molar-refractivity contribution in [2.45, 2.75) is 7.43 Å². The number of rotatable bonds is 6. The first-order chi connectivity index (χ1) is 29.7. The number of benzene rings is 10. The Bertz CT molecular complexity index is 3500. The van der Waals surface area contributed by atoms with E-state index in [9.17, 15) is 10.5 Å². The fourth-order valence-corrected chi connectivity index (χ4v) is 11.6. The summed E-state index contributed by atoms with van der Waals surface area (Å²) in [4.78, 5) is 4.74. The second-order valence-corrected chi connectivity index (χ2v) is 17.2. The van der Waals surface area contributed by atoms with Crippen LogP contribution < -0.4 is 9.80 Å². The number of nitrogens with zero attached hydrogens (tertiary/aromatic N) is 4. The minimum Gasteiger partial charge on any atom is -0.308 e. The number of hydrogen-bond acceptors (Lipinski definition) is 6. The largest absolute Gasteiger partial charge is 0.308 e. The van der Waals surface area contributed by atoms with Crippen LogP contribution in [-0.4, -0.2) is 0 Å². The first-order valence-electron chi connectivity index (χ1n) is 19.8. The maximum atomic E-state index is 9.76. The highest BCUT2D eigenvalue weighted by Crippen LogP contribution is 2.51. The van der Waals surface area contributed by atoms with E-state index in [0.29, 0.717) is 11.1 Å². The molecule has 0 N–H and O–H groups in total. The lowest BCUT2D eigenvalue weighted by Gasteiger charge is -2.29. The van der Waals surface area contributed by atoms with Gasteiger partial charge in [0.2, 0.25) is 0 Å². The predicted molar refractivity (Wildman–Crippen MR) is 261 cm³/mol. The molecule has 12 rings (SSSR count). The Labute approximate surface area is 360 Å². The molecule has 286 valence electrons. The Morgan fingerprint density at radius 3 is 1.16 bits per heavy atom. The summed E-state index contributed by atoms with van der Waals surface area (Å²) in [6.45, 7) is 0. The topological polar surface area (TPSA) is 54.1 Å². The van der Waals surface area contributed by atoms with Crippen molar-refractivity contribution < 1.29 is 0 Å². The van der Waals surface area contributed by atoms with Crippen LogP contribution in [0.25, 0.3) is 72.7 Å². The maximum absolute atomic E-state index is 9.76.